The van der Waals surface area contributed by atoms with E-state index >= 15 is 0 Å². The number of fused-ring (bicyclic) bond motifs is 1. The molecule has 0 saturated carbocycles. The Labute approximate surface area is 111 Å². The minimum atomic E-state index is 0.399. The first kappa shape index (κ1) is 11.5. The summed E-state index contributed by atoms with van der Waals surface area (Å²) in [4.78, 5) is 4.82. The molecule has 18 heavy (non-hydrogen) atoms. The Hall–Kier alpha value is -1.58. The van der Waals surface area contributed by atoms with Crippen molar-refractivity contribution in [1.82, 2.24) is 10.3 Å². The zero-order valence-corrected chi connectivity index (χ0v) is 11.1. The topological polar surface area (TPSA) is 27.8 Å². The van der Waals surface area contributed by atoms with Crippen molar-refractivity contribution in [3.8, 4) is 0 Å². The highest BCUT2D eigenvalue weighted by molar-refractivity contribution is 7.10. The molecule has 2 nitrogen and oxygen atoms in total. The summed E-state index contributed by atoms with van der Waals surface area (Å²) in [6.07, 6.45) is 0. The molecule has 92 valence electrons. The fourth-order valence-corrected chi connectivity index (χ4v) is 2.89. The summed E-state index contributed by atoms with van der Waals surface area (Å²) in [5.41, 5.74) is 2.44. The lowest BCUT2D eigenvalue weighted by Crippen LogP contribution is -2.17. The first-order valence-electron chi connectivity index (χ1n) is 6.16. The molecule has 0 aliphatic carbocycles. The highest BCUT2D eigenvalue weighted by Crippen LogP contribution is 2.19. The third-order valence-electron chi connectivity index (χ3n) is 3.15. The van der Waals surface area contributed by atoms with Crippen LogP contribution in [0.15, 0.2) is 47.8 Å². The maximum atomic E-state index is 3.54. The second kappa shape index (κ2) is 4.96. The second-order valence-electron chi connectivity index (χ2n) is 4.50. The number of thiophene rings is 1. The zero-order chi connectivity index (χ0) is 12.4. The maximum absolute atomic E-state index is 3.54. The minimum Gasteiger partial charge on any atom is -0.357 e. The molecule has 0 saturated heterocycles. The summed E-state index contributed by atoms with van der Waals surface area (Å²) in [6, 6.07) is 15.3. The molecule has 1 atom stereocenters. The fourth-order valence-electron chi connectivity index (χ4n) is 2.13. The van der Waals surface area contributed by atoms with E-state index in [0.29, 0.717) is 6.04 Å². The van der Waals surface area contributed by atoms with Crippen LogP contribution in [-0.2, 0) is 6.54 Å². The number of para-hydroxylation sites is 1. The summed E-state index contributed by atoms with van der Waals surface area (Å²) in [6.45, 7) is 3.07. The molecule has 3 rings (SSSR count). The number of rotatable bonds is 4. The van der Waals surface area contributed by atoms with Gasteiger partial charge in [0, 0.05) is 28.7 Å². The third kappa shape index (κ3) is 2.33. The third-order valence-corrected chi connectivity index (χ3v) is 4.21. The van der Waals surface area contributed by atoms with Crippen molar-refractivity contribution < 1.29 is 0 Å². The Kier molecular flexibility index (Phi) is 3.17. The number of hydrogen-bond acceptors (Lipinski definition) is 2. The standard InChI is InChI=1S/C15H16N2S/c1-11(15-7-4-8-18-15)16-10-13-9-12-5-2-3-6-14(12)17-13/h2-9,11,16-17H,10H2,1H3/t11-/m0/s1. The van der Waals surface area contributed by atoms with Gasteiger partial charge in [-0.05, 0) is 35.9 Å². The lowest BCUT2D eigenvalue weighted by Gasteiger charge is -2.10. The fraction of sp³-hybridized carbons (Fsp3) is 0.200. The normalized spacial score (nSPS) is 12.9. The summed E-state index contributed by atoms with van der Waals surface area (Å²) in [7, 11) is 0. The van der Waals surface area contributed by atoms with Gasteiger partial charge in [0.25, 0.3) is 0 Å². The SMILES string of the molecule is C[C@H](NCc1cc2ccccc2[nH]1)c1cccs1. The van der Waals surface area contributed by atoms with Crippen LogP contribution in [0.3, 0.4) is 0 Å². The minimum absolute atomic E-state index is 0.399. The molecule has 1 aromatic carbocycles. The van der Waals surface area contributed by atoms with Crippen LogP contribution in [0.2, 0.25) is 0 Å². The first-order valence-corrected chi connectivity index (χ1v) is 7.04. The lowest BCUT2D eigenvalue weighted by atomic mass is 10.2. The molecule has 0 unspecified atom stereocenters. The Morgan fingerprint density at radius 3 is 2.89 bits per heavy atom. The molecular weight excluding hydrogens is 240 g/mol. The predicted octanol–water partition coefficient (Wildman–Crippen LogP) is 4.08. The van der Waals surface area contributed by atoms with Crippen molar-refractivity contribution in [3.63, 3.8) is 0 Å². The molecule has 0 fully saturated rings. The maximum Gasteiger partial charge on any atom is 0.0456 e. The zero-order valence-electron chi connectivity index (χ0n) is 10.3. The predicted molar refractivity (Wildman–Crippen MR) is 77.9 cm³/mol. The van der Waals surface area contributed by atoms with E-state index in [9.17, 15) is 0 Å². The molecule has 0 bridgehead atoms. The van der Waals surface area contributed by atoms with Gasteiger partial charge >= 0.3 is 0 Å². The lowest BCUT2D eigenvalue weighted by molar-refractivity contribution is 0.577. The molecule has 0 amide bonds. The summed E-state index contributed by atoms with van der Waals surface area (Å²) >= 11 is 1.80. The van der Waals surface area contributed by atoms with Crippen molar-refractivity contribution in [1.29, 1.82) is 0 Å². The van der Waals surface area contributed by atoms with Gasteiger partial charge in [-0.3, -0.25) is 0 Å². The Morgan fingerprint density at radius 1 is 1.22 bits per heavy atom. The Balaban J connectivity index is 1.69. The van der Waals surface area contributed by atoms with Gasteiger partial charge in [-0.1, -0.05) is 24.3 Å². The van der Waals surface area contributed by atoms with Crippen LogP contribution in [0.25, 0.3) is 10.9 Å². The van der Waals surface area contributed by atoms with Crippen LogP contribution >= 0.6 is 11.3 Å². The molecule has 0 aliphatic rings. The van der Waals surface area contributed by atoms with E-state index in [1.165, 1.54) is 21.5 Å². The molecule has 0 radical (unpaired) electrons. The van der Waals surface area contributed by atoms with Gasteiger partial charge in [0.15, 0.2) is 0 Å². The first-order chi connectivity index (χ1) is 8.83. The summed E-state index contributed by atoms with van der Waals surface area (Å²) in [5.74, 6) is 0. The van der Waals surface area contributed by atoms with E-state index in [0.717, 1.165) is 6.54 Å². The smallest absolute Gasteiger partial charge is 0.0456 e. The van der Waals surface area contributed by atoms with Crippen LogP contribution in [0.4, 0.5) is 0 Å². The molecule has 2 aromatic heterocycles. The summed E-state index contributed by atoms with van der Waals surface area (Å²) in [5, 5.41) is 6.94. The van der Waals surface area contributed by atoms with Gasteiger partial charge in [-0.25, -0.2) is 0 Å². The highest BCUT2D eigenvalue weighted by Gasteiger charge is 2.06. The van der Waals surface area contributed by atoms with Crippen LogP contribution in [0.5, 0.6) is 0 Å². The molecule has 2 heterocycles. The molecule has 0 spiro atoms. The van der Waals surface area contributed by atoms with E-state index in [-0.39, 0.29) is 0 Å². The van der Waals surface area contributed by atoms with Crippen molar-refractivity contribution in [2.75, 3.05) is 0 Å². The number of aromatic nitrogens is 1. The Bertz CT molecular complexity index is 592. The van der Waals surface area contributed by atoms with Crippen molar-refractivity contribution >= 4 is 22.2 Å². The number of benzene rings is 1. The largest absolute Gasteiger partial charge is 0.357 e. The quantitative estimate of drug-likeness (QED) is 0.723. The molecule has 2 N–H and O–H groups in total. The van der Waals surface area contributed by atoms with E-state index in [4.69, 9.17) is 0 Å². The van der Waals surface area contributed by atoms with Crippen molar-refractivity contribution in [2.24, 2.45) is 0 Å². The van der Waals surface area contributed by atoms with Crippen LogP contribution in [0.1, 0.15) is 23.5 Å². The van der Waals surface area contributed by atoms with Gasteiger partial charge in [0.2, 0.25) is 0 Å². The average Bonchev–Trinajstić information content (AvgIpc) is 3.04. The van der Waals surface area contributed by atoms with Gasteiger partial charge in [-0.15, -0.1) is 11.3 Å². The number of H-pyrrole nitrogens is 1. The van der Waals surface area contributed by atoms with E-state index in [2.05, 4.69) is 65.1 Å². The highest BCUT2D eigenvalue weighted by atomic mass is 32.1. The Morgan fingerprint density at radius 2 is 2.11 bits per heavy atom. The summed E-state index contributed by atoms with van der Waals surface area (Å²) < 4.78 is 0. The van der Waals surface area contributed by atoms with Crippen molar-refractivity contribution in [3.05, 3.63) is 58.4 Å². The molecule has 0 aliphatic heterocycles. The second-order valence-corrected chi connectivity index (χ2v) is 5.48. The molecule has 3 heteroatoms. The van der Waals surface area contributed by atoms with Gasteiger partial charge < -0.3 is 10.3 Å². The van der Waals surface area contributed by atoms with Crippen LogP contribution in [-0.4, -0.2) is 4.98 Å². The number of aromatic amines is 1. The molecule has 3 aromatic rings. The van der Waals surface area contributed by atoms with E-state index in [1.807, 2.05) is 0 Å². The average molecular weight is 256 g/mol. The van der Waals surface area contributed by atoms with Gasteiger partial charge in [0.1, 0.15) is 0 Å². The van der Waals surface area contributed by atoms with E-state index in [1.54, 1.807) is 11.3 Å². The van der Waals surface area contributed by atoms with Crippen LogP contribution < -0.4 is 5.32 Å². The van der Waals surface area contributed by atoms with Crippen molar-refractivity contribution in [2.45, 2.75) is 19.5 Å². The number of nitrogens with one attached hydrogen (secondary N) is 2. The monoisotopic (exact) mass is 256 g/mol. The van der Waals surface area contributed by atoms with Gasteiger partial charge in [0.05, 0.1) is 0 Å². The van der Waals surface area contributed by atoms with Gasteiger partial charge in [-0.2, -0.15) is 0 Å². The number of hydrogen-bond donors (Lipinski definition) is 2. The molecular formula is C15H16N2S. The van der Waals surface area contributed by atoms with Crippen LogP contribution in [0, 0.1) is 0 Å². The van der Waals surface area contributed by atoms with E-state index < -0.39 is 0 Å².